The third-order valence-corrected chi connectivity index (χ3v) is 2.81. The van der Waals surface area contributed by atoms with Gasteiger partial charge in [0, 0.05) is 5.57 Å². The third kappa shape index (κ3) is 1.54. The molecule has 5 nitrogen and oxygen atoms in total. The predicted molar refractivity (Wildman–Crippen MR) is 51.3 cm³/mol. The average Bonchev–Trinajstić information content (AvgIpc) is 2.44. The molecule has 1 unspecified atom stereocenters. The molecule has 2 rings (SSSR count). The van der Waals surface area contributed by atoms with Gasteiger partial charge in [-0.15, -0.1) is 0 Å². The molecule has 1 atom stereocenters. The highest BCUT2D eigenvalue weighted by Crippen LogP contribution is 2.33. The maximum absolute atomic E-state index is 11.7. The molecule has 0 aromatic carbocycles. The summed E-state index contributed by atoms with van der Waals surface area (Å²) in [6.07, 6.45) is 4.24. The summed E-state index contributed by atoms with van der Waals surface area (Å²) in [5.74, 6) is -1.60. The maximum atomic E-state index is 11.7. The van der Waals surface area contributed by atoms with Gasteiger partial charge >= 0.3 is 0 Å². The fraction of sp³-hybridized carbons (Fsp3) is 0.500. The van der Waals surface area contributed by atoms with Gasteiger partial charge < -0.3 is 5.73 Å². The first kappa shape index (κ1) is 9.89. The highest BCUT2D eigenvalue weighted by molar-refractivity contribution is 6.16. The van der Waals surface area contributed by atoms with E-state index in [9.17, 15) is 14.4 Å². The van der Waals surface area contributed by atoms with Crippen molar-refractivity contribution in [2.24, 2.45) is 11.7 Å². The Bertz CT molecular complexity index is 373. The molecule has 15 heavy (non-hydrogen) atoms. The van der Waals surface area contributed by atoms with Crippen LogP contribution in [0, 0.1) is 5.92 Å². The lowest BCUT2D eigenvalue weighted by Crippen LogP contribution is -2.38. The lowest BCUT2D eigenvalue weighted by atomic mass is 9.90. The number of likely N-dealkylation sites (tertiary alicyclic amines) is 1. The van der Waals surface area contributed by atoms with E-state index in [0.717, 1.165) is 17.7 Å². The van der Waals surface area contributed by atoms with Crippen LogP contribution in [0.5, 0.6) is 0 Å². The zero-order valence-electron chi connectivity index (χ0n) is 8.23. The number of rotatable bonds is 2. The lowest BCUT2D eigenvalue weighted by Gasteiger charge is -2.12. The minimum atomic E-state index is -0.657. The molecular formula is C10H12N2O3. The van der Waals surface area contributed by atoms with Crippen LogP contribution in [-0.4, -0.2) is 29.2 Å². The number of hydrogen-bond acceptors (Lipinski definition) is 3. The molecule has 3 amide bonds. The second kappa shape index (κ2) is 3.49. The number of allylic oxidation sites excluding steroid dienone is 1. The normalized spacial score (nSPS) is 25.2. The van der Waals surface area contributed by atoms with E-state index >= 15 is 0 Å². The summed E-state index contributed by atoms with van der Waals surface area (Å²) in [5, 5.41) is 0. The summed E-state index contributed by atoms with van der Waals surface area (Å²) in [6.45, 7) is -0.300. The molecule has 0 aromatic heterocycles. The number of primary amides is 1. The first-order valence-electron chi connectivity index (χ1n) is 4.95. The van der Waals surface area contributed by atoms with Gasteiger partial charge in [-0.3, -0.25) is 19.3 Å². The minimum Gasteiger partial charge on any atom is -0.368 e. The van der Waals surface area contributed by atoms with Gasteiger partial charge in [0.1, 0.15) is 6.54 Å². The van der Waals surface area contributed by atoms with Gasteiger partial charge in [-0.1, -0.05) is 6.08 Å². The molecule has 1 saturated heterocycles. The average molecular weight is 208 g/mol. The minimum absolute atomic E-state index is 0.273. The number of imide groups is 1. The lowest BCUT2D eigenvalue weighted by molar-refractivity contribution is -0.142. The molecule has 1 aliphatic heterocycles. The molecule has 0 saturated carbocycles. The van der Waals surface area contributed by atoms with Crippen LogP contribution in [0.15, 0.2) is 11.6 Å². The Morgan fingerprint density at radius 1 is 1.53 bits per heavy atom. The van der Waals surface area contributed by atoms with Crippen LogP contribution in [0.25, 0.3) is 0 Å². The standard InChI is InChI=1S/C10H12N2O3/c11-8(13)5-12-9(14)6-3-1-2-4-7(6)10(12)15/h3,7H,1-2,4-5H2,(H2,11,13). The molecule has 0 radical (unpaired) electrons. The SMILES string of the molecule is NC(=O)CN1C(=O)C2=CCCCC2C1=O. The van der Waals surface area contributed by atoms with Crippen molar-refractivity contribution in [3.05, 3.63) is 11.6 Å². The summed E-state index contributed by atoms with van der Waals surface area (Å²) >= 11 is 0. The number of fused-ring (bicyclic) bond motifs is 1. The highest BCUT2D eigenvalue weighted by Gasteiger charge is 2.43. The van der Waals surface area contributed by atoms with Crippen LogP contribution in [0.2, 0.25) is 0 Å². The highest BCUT2D eigenvalue weighted by atomic mass is 16.2. The van der Waals surface area contributed by atoms with Crippen molar-refractivity contribution in [3.8, 4) is 0 Å². The van der Waals surface area contributed by atoms with E-state index in [1.807, 2.05) is 0 Å². The Labute approximate surface area is 86.9 Å². The Balaban J connectivity index is 2.26. The summed E-state index contributed by atoms with van der Waals surface area (Å²) in [5.41, 5.74) is 5.53. The fourth-order valence-electron chi connectivity index (χ4n) is 2.12. The molecule has 1 heterocycles. The molecular weight excluding hydrogens is 196 g/mol. The van der Waals surface area contributed by atoms with Crippen LogP contribution in [0.1, 0.15) is 19.3 Å². The summed E-state index contributed by atoms with van der Waals surface area (Å²) in [6, 6.07) is 0. The topological polar surface area (TPSA) is 80.5 Å². The first-order chi connectivity index (χ1) is 7.11. The monoisotopic (exact) mass is 208 g/mol. The van der Waals surface area contributed by atoms with Gasteiger partial charge in [0.05, 0.1) is 5.92 Å². The van der Waals surface area contributed by atoms with Crippen LogP contribution in [0.4, 0.5) is 0 Å². The van der Waals surface area contributed by atoms with Gasteiger partial charge in [-0.25, -0.2) is 0 Å². The van der Waals surface area contributed by atoms with E-state index in [1.165, 1.54) is 0 Å². The number of carbonyl (C=O) groups is 3. The van der Waals surface area contributed by atoms with Crippen LogP contribution in [-0.2, 0) is 14.4 Å². The summed E-state index contributed by atoms with van der Waals surface area (Å²) in [7, 11) is 0. The van der Waals surface area contributed by atoms with Gasteiger partial charge in [0.2, 0.25) is 11.8 Å². The second-order valence-corrected chi connectivity index (χ2v) is 3.84. The summed E-state index contributed by atoms with van der Waals surface area (Å²) < 4.78 is 0. The molecule has 1 aliphatic carbocycles. The van der Waals surface area contributed by atoms with Gasteiger partial charge in [0.25, 0.3) is 5.91 Å². The zero-order chi connectivity index (χ0) is 11.0. The molecule has 0 bridgehead atoms. The van der Waals surface area contributed by atoms with Crippen LogP contribution >= 0.6 is 0 Å². The smallest absolute Gasteiger partial charge is 0.257 e. The Kier molecular flexibility index (Phi) is 2.30. The quantitative estimate of drug-likeness (QED) is 0.625. The second-order valence-electron chi connectivity index (χ2n) is 3.84. The van der Waals surface area contributed by atoms with Gasteiger partial charge in [-0.05, 0) is 19.3 Å². The van der Waals surface area contributed by atoms with E-state index in [-0.39, 0.29) is 24.3 Å². The molecule has 0 aromatic rings. The number of amides is 3. The van der Waals surface area contributed by atoms with E-state index < -0.39 is 5.91 Å². The van der Waals surface area contributed by atoms with Gasteiger partial charge in [-0.2, -0.15) is 0 Å². The number of nitrogens with two attached hydrogens (primary N) is 1. The molecule has 1 fully saturated rings. The zero-order valence-corrected chi connectivity index (χ0v) is 8.23. The first-order valence-corrected chi connectivity index (χ1v) is 4.95. The predicted octanol–water partition coefficient (Wildman–Crippen LogP) is -0.433. The Morgan fingerprint density at radius 3 is 2.87 bits per heavy atom. The maximum Gasteiger partial charge on any atom is 0.257 e. The molecule has 2 N–H and O–H groups in total. The van der Waals surface area contributed by atoms with Crippen molar-refractivity contribution in [3.63, 3.8) is 0 Å². The molecule has 2 aliphatic rings. The van der Waals surface area contributed by atoms with Crippen molar-refractivity contribution in [1.29, 1.82) is 0 Å². The van der Waals surface area contributed by atoms with Crippen LogP contribution in [0.3, 0.4) is 0 Å². The van der Waals surface area contributed by atoms with Crippen molar-refractivity contribution < 1.29 is 14.4 Å². The largest absolute Gasteiger partial charge is 0.368 e. The van der Waals surface area contributed by atoms with Crippen LogP contribution < -0.4 is 5.73 Å². The van der Waals surface area contributed by atoms with Crippen molar-refractivity contribution >= 4 is 17.7 Å². The number of nitrogens with zero attached hydrogens (tertiary/aromatic N) is 1. The van der Waals surface area contributed by atoms with E-state index in [0.29, 0.717) is 12.0 Å². The van der Waals surface area contributed by atoms with Gasteiger partial charge in [0.15, 0.2) is 0 Å². The van der Waals surface area contributed by atoms with Crippen molar-refractivity contribution in [2.45, 2.75) is 19.3 Å². The Hall–Kier alpha value is -1.65. The number of hydrogen-bond donors (Lipinski definition) is 1. The fourth-order valence-corrected chi connectivity index (χ4v) is 2.12. The van der Waals surface area contributed by atoms with Crippen molar-refractivity contribution in [1.82, 2.24) is 4.90 Å². The number of carbonyl (C=O) groups excluding carboxylic acids is 3. The third-order valence-electron chi connectivity index (χ3n) is 2.81. The van der Waals surface area contributed by atoms with E-state index in [1.54, 1.807) is 6.08 Å². The van der Waals surface area contributed by atoms with E-state index in [4.69, 9.17) is 5.73 Å². The Morgan fingerprint density at radius 2 is 2.27 bits per heavy atom. The van der Waals surface area contributed by atoms with Crippen molar-refractivity contribution in [2.75, 3.05) is 6.54 Å². The molecule has 5 heteroatoms. The van der Waals surface area contributed by atoms with E-state index in [2.05, 4.69) is 0 Å². The molecule has 0 spiro atoms. The molecule has 80 valence electrons. The summed E-state index contributed by atoms with van der Waals surface area (Å²) in [4.78, 5) is 35.1.